The van der Waals surface area contributed by atoms with Crippen molar-refractivity contribution in [2.75, 3.05) is 59.5 Å². The Morgan fingerprint density at radius 1 is 0.312 bits per heavy atom. The first kappa shape index (κ1) is 77.8. The fourth-order valence-electron chi connectivity index (χ4n) is 11.5. The zero-order valence-electron chi connectivity index (χ0n) is 55.0. The number of hydrogen-bond donors (Lipinski definition) is 0. The largest absolute Gasteiger partial charge is 0.465 e. The van der Waals surface area contributed by atoms with Crippen LogP contribution in [0.25, 0.3) is 0 Å². The molecule has 0 aliphatic rings. The van der Waals surface area contributed by atoms with E-state index in [2.05, 4.69) is 63.3 Å². The van der Waals surface area contributed by atoms with Crippen LogP contribution in [-0.2, 0) is 28.7 Å². The van der Waals surface area contributed by atoms with E-state index in [4.69, 9.17) is 9.47 Å². The van der Waals surface area contributed by atoms with Crippen molar-refractivity contribution in [3.63, 3.8) is 0 Å². The Bertz CT molecular complexity index is 1350. The molecule has 0 aromatic rings. The highest BCUT2D eigenvalue weighted by Crippen LogP contribution is 2.23. The van der Waals surface area contributed by atoms with Crippen LogP contribution in [0, 0.1) is 11.8 Å². The molecule has 9 heteroatoms. The Hall–Kier alpha value is -2.16. The second-order valence-corrected chi connectivity index (χ2v) is 25.0. The molecule has 2 unspecified atom stereocenters. The van der Waals surface area contributed by atoms with Crippen molar-refractivity contribution in [1.82, 2.24) is 14.7 Å². The van der Waals surface area contributed by atoms with E-state index in [-0.39, 0.29) is 17.9 Å². The topological polar surface area (TPSA) is 96.5 Å². The van der Waals surface area contributed by atoms with Crippen LogP contribution in [0.4, 0.5) is 0 Å². The van der Waals surface area contributed by atoms with E-state index in [1.165, 1.54) is 186 Å². The highest BCUT2D eigenvalue weighted by atomic mass is 16.5. The van der Waals surface area contributed by atoms with Crippen LogP contribution in [0.2, 0.25) is 0 Å². The van der Waals surface area contributed by atoms with Gasteiger partial charge in [0.1, 0.15) is 0 Å². The number of rotatable bonds is 64. The predicted molar refractivity (Wildman–Crippen MR) is 344 cm³/mol. The van der Waals surface area contributed by atoms with Gasteiger partial charge in [0.05, 0.1) is 19.1 Å². The first-order chi connectivity index (χ1) is 39.2. The highest BCUT2D eigenvalue weighted by molar-refractivity contribution is 5.76. The third-order valence-electron chi connectivity index (χ3n) is 17.1. The average molecular weight is 1130 g/mol. The smallest absolute Gasteiger partial charge is 0.308 e. The molecule has 0 aromatic carbocycles. The lowest BCUT2D eigenvalue weighted by atomic mass is 9.94. The Kier molecular flexibility index (Phi) is 59.7. The molecular weight excluding hydrogens is 991 g/mol. The van der Waals surface area contributed by atoms with E-state index in [1.54, 1.807) is 0 Å². The summed E-state index contributed by atoms with van der Waals surface area (Å²) in [6, 6.07) is 0. The molecule has 2 amide bonds. The van der Waals surface area contributed by atoms with Crippen molar-refractivity contribution >= 4 is 23.8 Å². The highest BCUT2D eigenvalue weighted by Gasteiger charge is 2.20. The average Bonchev–Trinajstić information content (AvgIpc) is 3.45. The van der Waals surface area contributed by atoms with Gasteiger partial charge in [0, 0.05) is 45.4 Å². The number of unbranched alkanes of at least 4 members (excludes halogenated alkanes) is 33. The quantitative estimate of drug-likeness (QED) is 0.0442. The number of carbonyl (C=O) groups is 4. The van der Waals surface area contributed by atoms with Gasteiger partial charge in [-0.25, -0.2) is 0 Å². The van der Waals surface area contributed by atoms with Gasteiger partial charge in [0.2, 0.25) is 11.8 Å². The van der Waals surface area contributed by atoms with E-state index < -0.39 is 0 Å². The van der Waals surface area contributed by atoms with Gasteiger partial charge in [-0.05, 0) is 122 Å². The van der Waals surface area contributed by atoms with Gasteiger partial charge in [-0.3, -0.25) is 19.2 Å². The molecule has 0 saturated carbocycles. The normalized spacial score (nSPS) is 12.3. The lowest BCUT2D eigenvalue weighted by molar-refractivity contribution is -0.149. The van der Waals surface area contributed by atoms with Crippen LogP contribution in [0.1, 0.15) is 363 Å². The molecule has 0 aliphatic heterocycles. The van der Waals surface area contributed by atoms with Gasteiger partial charge in [0.15, 0.2) is 0 Å². The van der Waals surface area contributed by atoms with Crippen molar-refractivity contribution in [1.29, 1.82) is 0 Å². The van der Waals surface area contributed by atoms with Crippen molar-refractivity contribution < 1.29 is 28.7 Å². The number of ether oxygens (including phenoxy) is 2. The molecule has 0 aromatic heterocycles. The maximum Gasteiger partial charge on any atom is 0.308 e. The molecule has 0 bridgehead atoms. The van der Waals surface area contributed by atoms with Crippen LogP contribution in [0.5, 0.6) is 0 Å². The summed E-state index contributed by atoms with van der Waals surface area (Å²) in [6.45, 7) is 20.2. The maximum atomic E-state index is 13.5. The van der Waals surface area contributed by atoms with Crippen molar-refractivity contribution in [3.05, 3.63) is 0 Å². The van der Waals surface area contributed by atoms with Crippen molar-refractivity contribution in [2.45, 2.75) is 363 Å². The van der Waals surface area contributed by atoms with Gasteiger partial charge in [-0.15, -0.1) is 0 Å². The van der Waals surface area contributed by atoms with E-state index in [0.29, 0.717) is 50.2 Å². The van der Waals surface area contributed by atoms with Gasteiger partial charge < -0.3 is 24.2 Å². The third kappa shape index (κ3) is 51.5. The maximum absolute atomic E-state index is 13.5. The molecule has 9 nitrogen and oxygen atoms in total. The standard InChI is InChI=1S/C71H139N3O6/c1-8-14-20-26-29-38-52-66(51-37-22-16-10-3)65-80-70(77)57-43-36-49-63-74(61-47-25-19-13-6)69(76)56-42-35-45-59-72(7)58-44-32-28-31-41-55-68(75)73(60-46-24-18-12-5)62-48-33-34-50-64-79-71(78)67(53-39-23-17-11-4)54-40-30-27-21-15-9-2/h66-67H,8-65H2,1-7H3. The number of amides is 2. The van der Waals surface area contributed by atoms with E-state index in [9.17, 15) is 19.2 Å². The molecule has 2 atom stereocenters. The molecule has 0 fully saturated rings. The monoisotopic (exact) mass is 1130 g/mol. The predicted octanol–water partition coefficient (Wildman–Crippen LogP) is 20.5. The van der Waals surface area contributed by atoms with Crippen LogP contribution < -0.4 is 0 Å². The lowest BCUT2D eigenvalue weighted by Gasteiger charge is -2.23. The molecule has 0 N–H and O–H groups in total. The van der Waals surface area contributed by atoms with Gasteiger partial charge >= 0.3 is 11.9 Å². The van der Waals surface area contributed by atoms with Crippen molar-refractivity contribution in [3.8, 4) is 0 Å². The molecule has 0 aliphatic carbocycles. The van der Waals surface area contributed by atoms with Crippen LogP contribution in [-0.4, -0.2) is 98.0 Å². The number of nitrogens with zero attached hydrogens (tertiary/aromatic N) is 3. The zero-order valence-corrected chi connectivity index (χ0v) is 55.0. The Morgan fingerprint density at radius 3 is 1.04 bits per heavy atom. The lowest BCUT2D eigenvalue weighted by Crippen LogP contribution is -2.33. The first-order valence-electron chi connectivity index (χ1n) is 35.7. The second kappa shape index (κ2) is 61.4. The summed E-state index contributed by atoms with van der Waals surface area (Å²) < 4.78 is 11.7. The van der Waals surface area contributed by atoms with Gasteiger partial charge in [0.25, 0.3) is 0 Å². The SMILES string of the molecule is CCCCCCCCC(CCCCCC)COC(=O)CCCCCN(CCCCCC)C(=O)CCCCCN(C)CCCCCCCC(=O)N(CCCCCC)CCCCCCOC(=O)C(CCCCCC)CCCCCCCC. The molecule has 0 radical (unpaired) electrons. The van der Waals surface area contributed by atoms with Crippen LogP contribution in [0.3, 0.4) is 0 Å². The number of carbonyl (C=O) groups excluding carboxylic acids is 4. The molecule has 80 heavy (non-hydrogen) atoms. The zero-order chi connectivity index (χ0) is 58.6. The summed E-state index contributed by atoms with van der Waals surface area (Å²) in [5.74, 6) is 1.21. The fraction of sp³-hybridized carbons (Fsp3) is 0.944. The van der Waals surface area contributed by atoms with E-state index in [0.717, 1.165) is 155 Å². The molecular formula is C71H139N3O6. The van der Waals surface area contributed by atoms with Gasteiger partial charge in [-0.2, -0.15) is 0 Å². The first-order valence-corrected chi connectivity index (χ1v) is 35.7. The molecule has 0 rings (SSSR count). The Morgan fingerprint density at radius 2 is 0.613 bits per heavy atom. The minimum Gasteiger partial charge on any atom is -0.465 e. The minimum absolute atomic E-state index is 0.0378. The fourth-order valence-corrected chi connectivity index (χ4v) is 11.5. The minimum atomic E-state index is -0.0398. The summed E-state index contributed by atoms with van der Waals surface area (Å²) >= 11 is 0. The molecule has 0 saturated heterocycles. The molecule has 474 valence electrons. The summed E-state index contributed by atoms with van der Waals surface area (Å²) in [7, 11) is 2.24. The number of esters is 2. The summed E-state index contributed by atoms with van der Waals surface area (Å²) in [5.41, 5.74) is 0. The van der Waals surface area contributed by atoms with Crippen LogP contribution in [0.15, 0.2) is 0 Å². The molecule has 0 heterocycles. The summed E-state index contributed by atoms with van der Waals surface area (Å²) in [5, 5.41) is 0. The van der Waals surface area contributed by atoms with E-state index in [1.807, 2.05) is 0 Å². The Balaban J connectivity index is 4.50. The Labute approximate surface area is 498 Å². The summed E-state index contributed by atoms with van der Waals surface area (Å²) in [4.78, 5) is 59.5. The second-order valence-electron chi connectivity index (χ2n) is 25.0. The van der Waals surface area contributed by atoms with Gasteiger partial charge in [-0.1, -0.05) is 247 Å². The molecule has 0 spiro atoms. The van der Waals surface area contributed by atoms with Crippen molar-refractivity contribution in [2.24, 2.45) is 11.8 Å². The van der Waals surface area contributed by atoms with E-state index >= 15 is 0 Å². The third-order valence-corrected chi connectivity index (χ3v) is 17.1. The number of hydrogen-bond acceptors (Lipinski definition) is 7. The summed E-state index contributed by atoms with van der Waals surface area (Å²) in [6.07, 6.45) is 56.5. The van der Waals surface area contributed by atoms with Crippen LogP contribution >= 0.6 is 0 Å².